The smallest absolute Gasteiger partial charge is 0.342 e. The van der Waals surface area contributed by atoms with Crippen LogP contribution in [0.1, 0.15) is 90.1 Å². The summed E-state index contributed by atoms with van der Waals surface area (Å²) < 4.78 is 19.8. The summed E-state index contributed by atoms with van der Waals surface area (Å²) >= 11 is 0. The van der Waals surface area contributed by atoms with E-state index in [1.165, 1.54) is 0 Å². The Morgan fingerprint density at radius 1 is 1.03 bits per heavy atom. The molecule has 7 heteroatoms. The van der Waals surface area contributed by atoms with Crippen molar-refractivity contribution in [3.8, 4) is 11.8 Å². The largest absolute Gasteiger partial charge is 0.543 e. The van der Waals surface area contributed by atoms with Crippen LogP contribution in [0, 0.1) is 17.2 Å². The summed E-state index contributed by atoms with van der Waals surface area (Å²) in [7, 11) is -4.25. The van der Waals surface area contributed by atoms with Gasteiger partial charge in [-0.15, -0.1) is 0 Å². The van der Waals surface area contributed by atoms with Crippen LogP contribution in [0.3, 0.4) is 0 Å². The van der Waals surface area contributed by atoms with Gasteiger partial charge in [0.15, 0.2) is 8.32 Å². The normalized spacial score (nSPS) is 22.8. The minimum atomic E-state index is -2.19. The summed E-state index contributed by atoms with van der Waals surface area (Å²) in [6, 6.07) is 8.09. The third-order valence-corrected chi connectivity index (χ3v) is 17.6. The molecule has 0 saturated carbocycles. The van der Waals surface area contributed by atoms with Gasteiger partial charge in [0.05, 0.1) is 12.2 Å². The van der Waals surface area contributed by atoms with E-state index in [0.717, 1.165) is 12.0 Å². The quantitative estimate of drug-likeness (QED) is 0.198. The van der Waals surface area contributed by atoms with Crippen LogP contribution in [-0.4, -0.2) is 34.8 Å². The van der Waals surface area contributed by atoms with E-state index in [1.807, 2.05) is 18.2 Å². The first-order chi connectivity index (χ1) is 17.4. The van der Waals surface area contributed by atoms with Crippen molar-refractivity contribution >= 4 is 22.6 Å². The maximum atomic E-state index is 13.9. The predicted octanol–water partition coefficient (Wildman–Crippen LogP) is 8.82. The zero-order chi connectivity index (χ0) is 28.9. The molecule has 38 heavy (non-hydrogen) atoms. The second kappa shape index (κ2) is 12.5. The number of carbonyl (C=O) groups is 1. The highest BCUT2D eigenvalue weighted by Crippen LogP contribution is 2.41. The highest BCUT2D eigenvalue weighted by molar-refractivity contribution is 6.75. The fourth-order valence-corrected chi connectivity index (χ4v) is 6.50. The van der Waals surface area contributed by atoms with E-state index in [1.54, 1.807) is 0 Å². The molecule has 1 aliphatic rings. The van der Waals surface area contributed by atoms with Gasteiger partial charge in [0.1, 0.15) is 17.4 Å². The van der Waals surface area contributed by atoms with E-state index in [2.05, 4.69) is 92.9 Å². The Morgan fingerprint density at radius 2 is 1.66 bits per heavy atom. The van der Waals surface area contributed by atoms with E-state index in [-0.39, 0.29) is 28.1 Å². The maximum absolute atomic E-state index is 13.9. The van der Waals surface area contributed by atoms with Gasteiger partial charge in [0.25, 0.3) is 8.32 Å². The summed E-state index contributed by atoms with van der Waals surface area (Å²) in [4.78, 5) is 13.9. The molecule has 0 N–H and O–H groups in total. The summed E-state index contributed by atoms with van der Waals surface area (Å²) in [5.41, 5.74) is 1.42. The summed E-state index contributed by atoms with van der Waals surface area (Å²) in [6.07, 6.45) is 6.81. The molecule has 0 bridgehead atoms. The summed E-state index contributed by atoms with van der Waals surface area (Å²) in [5.74, 6) is 0.492. The standard InChI is InChI=1S/C31H51NO4Si2/c1-23-16-12-13-17-24-18-14-20-26(35-37(8,9)30(2,3)4)28(24)29(33)34-25(19-15-21-32)22-27(23)36-38(10,11)31(5,6)7/h12-14,18,20,23,25,27H,15-17,19,22H2,1-11H3/b13-12+/t23-,25-,27+/m0/s1. The van der Waals surface area contributed by atoms with Crippen LogP contribution in [0.4, 0.5) is 0 Å². The van der Waals surface area contributed by atoms with Crippen LogP contribution in [-0.2, 0) is 15.6 Å². The Labute approximate surface area is 234 Å². The van der Waals surface area contributed by atoms with E-state index in [0.29, 0.717) is 37.0 Å². The Hall–Kier alpha value is -1.89. The molecule has 1 aliphatic heterocycles. The van der Waals surface area contributed by atoms with Crippen LogP contribution in [0.2, 0.25) is 36.3 Å². The SMILES string of the molecule is C[C@H]1C/C=C/Cc2cccc(O[Si](C)(C)C(C)(C)C)c2C(=O)O[C@@H](CCC#N)C[C@H]1O[Si](C)(C)C(C)(C)C. The molecule has 1 heterocycles. The molecule has 5 nitrogen and oxygen atoms in total. The van der Waals surface area contributed by atoms with Crippen LogP contribution in [0.25, 0.3) is 0 Å². The van der Waals surface area contributed by atoms with Gasteiger partial charge in [-0.05, 0) is 73.1 Å². The van der Waals surface area contributed by atoms with Crippen molar-refractivity contribution in [1.82, 2.24) is 0 Å². The van der Waals surface area contributed by atoms with Crippen molar-refractivity contribution in [1.29, 1.82) is 5.26 Å². The number of ether oxygens (including phenoxy) is 1. The molecule has 3 atom stereocenters. The maximum Gasteiger partial charge on any atom is 0.342 e. The minimum Gasteiger partial charge on any atom is -0.543 e. The average Bonchev–Trinajstić information content (AvgIpc) is 2.77. The topological polar surface area (TPSA) is 68.5 Å². The lowest BCUT2D eigenvalue weighted by Crippen LogP contribution is -2.46. The molecular weight excluding hydrogens is 507 g/mol. The van der Waals surface area contributed by atoms with Gasteiger partial charge in [-0.1, -0.05) is 72.8 Å². The first-order valence-electron chi connectivity index (χ1n) is 14.1. The predicted molar refractivity (Wildman–Crippen MR) is 162 cm³/mol. The lowest BCUT2D eigenvalue weighted by molar-refractivity contribution is 0.00645. The molecule has 0 amide bonds. The summed E-state index contributed by atoms with van der Waals surface area (Å²) in [6.45, 7) is 24.4. The molecular formula is C31H51NO4Si2. The number of allylic oxidation sites excluding steroid dienone is 2. The van der Waals surface area contributed by atoms with E-state index >= 15 is 0 Å². The Bertz CT molecular complexity index is 1030. The van der Waals surface area contributed by atoms with Gasteiger partial charge in [0.2, 0.25) is 0 Å². The Kier molecular flexibility index (Phi) is 10.7. The number of nitrogens with zero attached hydrogens (tertiary/aromatic N) is 1. The van der Waals surface area contributed by atoms with Crippen molar-refractivity contribution in [2.24, 2.45) is 5.92 Å². The second-order valence-corrected chi connectivity index (χ2v) is 23.4. The van der Waals surface area contributed by atoms with Gasteiger partial charge >= 0.3 is 5.97 Å². The minimum absolute atomic E-state index is 0.00923. The first kappa shape index (κ1) is 32.3. The summed E-state index contributed by atoms with van der Waals surface area (Å²) in [5, 5.41) is 9.41. The number of cyclic esters (lactones) is 1. The molecule has 0 spiro atoms. The van der Waals surface area contributed by atoms with Crippen LogP contribution in [0.5, 0.6) is 5.75 Å². The number of benzene rings is 1. The van der Waals surface area contributed by atoms with Crippen molar-refractivity contribution < 1.29 is 18.4 Å². The van der Waals surface area contributed by atoms with Gasteiger partial charge in [-0.25, -0.2) is 4.79 Å². The number of carbonyl (C=O) groups excluding carboxylic acids is 1. The van der Waals surface area contributed by atoms with Crippen molar-refractivity contribution in [2.75, 3.05) is 0 Å². The third kappa shape index (κ3) is 8.30. The fourth-order valence-electron chi connectivity index (χ4n) is 4.04. The number of fused-ring (bicyclic) bond motifs is 1. The molecule has 0 aliphatic carbocycles. The molecule has 0 fully saturated rings. The monoisotopic (exact) mass is 557 g/mol. The van der Waals surface area contributed by atoms with Crippen molar-refractivity contribution in [3.05, 3.63) is 41.5 Å². The van der Waals surface area contributed by atoms with Crippen LogP contribution >= 0.6 is 0 Å². The highest BCUT2D eigenvalue weighted by Gasteiger charge is 2.42. The van der Waals surface area contributed by atoms with Gasteiger partial charge < -0.3 is 13.6 Å². The van der Waals surface area contributed by atoms with Crippen LogP contribution in [0.15, 0.2) is 30.4 Å². The number of hydrogen-bond donors (Lipinski definition) is 0. The van der Waals surface area contributed by atoms with Crippen molar-refractivity contribution in [2.45, 2.75) is 129 Å². The van der Waals surface area contributed by atoms with Crippen molar-refractivity contribution in [3.63, 3.8) is 0 Å². The molecule has 212 valence electrons. The van der Waals surface area contributed by atoms with E-state index < -0.39 is 22.7 Å². The molecule has 0 unspecified atom stereocenters. The number of nitriles is 1. The zero-order valence-corrected chi connectivity index (χ0v) is 27.7. The van der Waals surface area contributed by atoms with E-state index in [9.17, 15) is 10.1 Å². The van der Waals surface area contributed by atoms with Crippen LogP contribution < -0.4 is 4.43 Å². The zero-order valence-electron chi connectivity index (χ0n) is 25.7. The van der Waals surface area contributed by atoms with Gasteiger partial charge in [0, 0.05) is 12.8 Å². The number of esters is 1. The first-order valence-corrected chi connectivity index (χ1v) is 19.9. The fraction of sp³-hybridized carbons (Fsp3) is 0.677. The molecule has 0 radical (unpaired) electrons. The molecule has 2 rings (SSSR count). The molecule has 0 saturated heterocycles. The molecule has 1 aromatic carbocycles. The van der Waals surface area contributed by atoms with Gasteiger partial charge in [-0.2, -0.15) is 5.26 Å². The highest BCUT2D eigenvalue weighted by atomic mass is 28.4. The Balaban J connectivity index is 2.52. The Morgan fingerprint density at radius 3 is 2.24 bits per heavy atom. The lowest BCUT2D eigenvalue weighted by atomic mass is 9.93. The van der Waals surface area contributed by atoms with E-state index in [4.69, 9.17) is 13.6 Å². The van der Waals surface area contributed by atoms with Gasteiger partial charge in [-0.3, -0.25) is 0 Å². The third-order valence-electron chi connectivity index (χ3n) is 8.73. The molecule has 0 aromatic heterocycles. The lowest BCUT2D eigenvalue weighted by Gasteiger charge is -2.41. The molecule has 1 aromatic rings. The average molecular weight is 558 g/mol. The number of hydrogen-bond acceptors (Lipinski definition) is 5. The second-order valence-electron chi connectivity index (χ2n) is 13.9. The number of rotatable bonds is 6.